The Hall–Kier alpha value is -1.26. The first-order valence-electron chi connectivity index (χ1n) is 6.29. The van der Waals surface area contributed by atoms with Gasteiger partial charge < -0.3 is 15.4 Å². The summed E-state index contributed by atoms with van der Waals surface area (Å²) in [6, 6.07) is 4.94. The van der Waals surface area contributed by atoms with Crippen molar-refractivity contribution in [1.29, 1.82) is 0 Å². The van der Waals surface area contributed by atoms with E-state index in [1.807, 2.05) is 0 Å². The molecule has 0 saturated heterocycles. The molecule has 1 amide bonds. The molecule has 0 aliphatic carbocycles. The molecule has 1 rings (SSSR count). The SMILES string of the molecule is COCCN(CC(C)C)C(=O)c1ccc(Cl)cc1N. The van der Waals surface area contributed by atoms with E-state index < -0.39 is 0 Å². The maximum absolute atomic E-state index is 12.5. The fourth-order valence-electron chi connectivity index (χ4n) is 1.82. The van der Waals surface area contributed by atoms with Crippen molar-refractivity contribution >= 4 is 23.2 Å². The first-order chi connectivity index (χ1) is 8.95. The molecule has 0 bridgehead atoms. The minimum Gasteiger partial charge on any atom is -0.398 e. The Morgan fingerprint density at radius 3 is 2.68 bits per heavy atom. The van der Waals surface area contributed by atoms with E-state index >= 15 is 0 Å². The van der Waals surface area contributed by atoms with Gasteiger partial charge in [-0.2, -0.15) is 0 Å². The van der Waals surface area contributed by atoms with Gasteiger partial charge in [0, 0.05) is 30.9 Å². The van der Waals surface area contributed by atoms with E-state index in [0.717, 1.165) is 0 Å². The molecule has 0 saturated carbocycles. The third-order valence-electron chi connectivity index (χ3n) is 2.68. The molecule has 0 unspecified atom stereocenters. The smallest absolute Gasteiger partial charge is 0.256 e. The molecule has 19 heavy (non-hydrogen) atoms. The first-order valence-corrected chi connectivity index (χ1v) is 6.66. The number of methoxy groups -OCH3 is 1. The van der Waals surface area contributed by atoms with E-state index in [4.69, 9.17) is 22.1 Å². The molecule has 1 aromatic carbocycles. The zero-order valence-corrected chi connectivity index (χ0v) is 12.4. The zero-order chi connectivity index (χ0) is 14.4. The van der Waals surface area contributed by atoms with Crippen LogP contribution in [0.2, 0.25) is 5.02 Å². The van der Waals surface area contributed by atoms with Crippen LogP contribution < -0.4 is 5.73 Å². The van der Waals surface area contributed by atoms with Gasteiger partial charge in [0.05, 0.1) is 12.2 Å². The van der Waals surface area contributed by atoms with Gasteiger partial charge in [0.15, 0.2) is 0 Å². The number of nitrogens with two attached hydrogens (primary N) is 1. The predicted octanol–water partition coefficient (Wildman–Crippen LogP) is 2.67. The molecule has 0 fully saturated rings. The Kier molecular flexibility index (Phi) is 6.12. The van der Waals surface area contributed by atoms with Crippen molar-refractivity contribution in [3.05, 3.63) is 28.8 Å². The van der Waals surface area contributed by atoms with Gasteiger partial charge in [0.2, 0.25) is 0 Å². The van der Waals surface area contributed by atoms with Crippen molar-refractivity contribution in [1.82, 2.24) is 4.90 Å². The second kappa shape index (κ2) is 7.36. The molecule has 4 nitrogen and oxygen atoms in total. The Balaban J connectivity index is 2.90. The van der Waals surface area contributed by atoms with Gasteiger partial charge in [0.25, 0.3) is 5.91 Å². The van der Waals surface area contributed by atoms with Crippen LogP contribution in [0.1, 0.15) is 24.2 Å². The van der Waals surface area contributed by atoms with Crippen molar-refractivity contribution in [2.45, 2.75) is 13.8 Å². The monoisotopic (exact) mass is 284 g/mol. The van der Waals surface area contributed by atoms with Gasteiger partial charge in [-0.25, -0.2) is 0 Å². The number of halogens is 1. The molecular formula is C14H21ClN2O2. The van der Waals surface area contributed by atoms with E-state index in [0.29, 0.717) is 41.9 Å². The third-order valence-corrected chi connectivity index (χ3v) is 2.92. The van der Waals surface area contributed by atoms with Gasteiger partial charge in [-0.3, -0.25) is 4.79 Å². The van der Waals surface area contributed by atoms with Crippen molar-refractivity contribution < 1.29 is 9.53 Å². The Morgan fingerprint density at radius 1 is 1.47 bits per heavy atom. The molecule has 0 heterocycles. The van der Waals surface area contributed by atoms with E-state index in [-0.39, 0.29) is 5.91 Å². The van der Waals surface area contributed by atoms with Crippen LogP contribution in [0.5, 0.6) is 0 Å². The van der Waals surface area contributed by atoms with Crippen molar-refractivity contribution in [3.8, 4) is 0 Å². The maximum Gasteiger partial charge on any atom is 0.256 e. The van der Waals surface area contributed by atoms with Gasteiger partial charge in [-0.05, 0) is 24.1 Å². The highest BCUT2D eigenvalue weighted by atomic mass is 35.5. The third kappa shape index (κ3) is 4.73. The molecule has 0 radical (unpaired) electrons. The standard InChI is InChI=1S/C14H21ClN2O2/c1-10(2)9-17(6-7-19-3)14(18)12-5-4-11(15)8-13(12)16/h4-5,8,10H,6-7,9,16H2,1-3H3. The fraction of sp³-hybridized carbons (Fsp3) is 0.500. The number of anilines is 1. The summed E-state index contributed by atoms with van der Waals surface area (Å²) in [6.07, 6.45) is 0. The lowest BCUT2D eigenvalue weighted by molar-refractivity contribution is 0.0673. The summed E-state index contributed by atoms with van der Waals surface area (Å²) in [7, 11) is 1.62. The number of carbonyl (C=O) groups excluding carboxylic acids is 1. The van der Waals surface area contributed by atoms with Gasteiger partial charge in [-0.15, -0.1) is 0 Å². The normalized spacial score (nSPS) is 10.8. The summed E-state index contributed by atoms with van der Waals surface area (Å²) in [5.74, 6) is 0.300. The van der Waals surface area contributed by atoms with Crippen molar-refractivity contribution in [2.24, 2.45) is 5.92 Å². The van der Waals surface area contributed by atoms with Crippen LogP contribution in [0.4, 0.5) is 5.69 Å². The highest BCUT2D eigenvalue weighted by molar-refractivity contribution is 6.31. The first kappa shape index (κ1) is 15.8. The lowest BCUT2D eigenvalue weighted by Crippen LogP contribution is -2.37. The molecule has 106 valence electrons. The highest BCUT2D eigenvalue weighted by Crippen LogP contribution is 2.20. The number of rotatable bonds is 6. The van der Waals surface area contributed by atoms with E-state index in [9.17, 15) is 4.79 Å². The molecular weight excluding hydrogens is 264 g/mol. The van der Waals surface area contributed by atoms with Gasteiger partial charge >= 0.3 is 0 Å². The van der Waals surface area contributed by atoms with Gasteiger partial charge in [0.1, 0.15) is 0 Å². The number of amides is 1. The molecule has 0 aliphatic heterocycles. The van der Waals surface area contributed by atoms with Crippen LogP contribution >= 0.6 is 11.6 Å². The van der Waals surface area contributed by atoms with Crippen molar-refractivity contribution in [2.75, 3.05) is 32.5 Å². The average molecular weight is 285 g/mol. The maximum atomic E-state index is 12.5. The molecule has 0 aromatic heterocycles. The largest absolute Gasteiger partial charge is 0.398 e. The van der Waals surface area contributed by atoms with Gasteiger partial charge in [-0.1, -0.05) is 25.4 Å². The summed E-state index contributed by atoms with van der Waals surface area (Å²) >= 11 is 5.84. The molecule has 0 atom stereocenters. The molecule has 5 heteroatoms. The highest BCUT2D eigenvalue weighted by Gasteiger charge is 2.18. The van der Waals surface area contributed by atoms with E-state index in [1.54, 1.807) is 30.2 Å². The molecule has 0 aliphatic rings. The van der Waals surface area contributed by atoms with Crippen LogP contribution in [0.15, 0.2) is 18.2 Å². The lowest BCUT2D eigenvalue weighted by atomic mass is 10.1. The Labute approximate surface area is 119 Å². The lowest BCUT2D eigenvalue weighted by Gasteiger charge is -2.25. The van der Waals surface area contributed by atoms with Crippen LogP contribution in [-0.4, -0.2) is 37.6 Å². The summed E-state index contributed by atoms with van der Waals surface area (Å²) in [5, 5.41) is 0.529. The number of ether oxygens (including phenoxy) is 1. The predicted molar refractivity (Wildman–Crippen MR) is 78.5 cm³/mol. The number of hydrogen-bond donors (Lipinski definition) is 1. The minimum absolute atomic E-state index is 0.0834. The summed E-state index contributed by atoms with van der Waals surface area (Å²) in [5.41, 5.74) is 6.75. The summed E-state index contributed by atoms with van der Waals surface area (Å²) < 4.78 is 5.04. The molecule has 1 aromatic rings. The van der Waals surface area contributed by atoms with Crippen LogP contribution in [0.25, 0.3) is 0 Å². The van der Waals surface area contributed by atoms with Crippen LogP contribution in [0, 0.1) is 5.92 Å². The van der Waals surface area contributed by atoms with Crippen LogP contribution in [0.3, 0.4) is 0 Å². The van der Waals surface area contributed by atoms with E-state index in [1.165, 1.54) is 0 Å². The quantitative estimate of drug-likeness (QED) is 0.817. The van der Waals surface area contributed by atoms with Crippen LogP contribution in [-0.2, 0) is 4.74 Å². The summed E-state index contributed by atoms with van der Waals surface area (Å²) in [4.78, 5) is 14.2. The number of nitrogen functional groups attached to an aromatic ring is 1. The Morgan fingerprint density at radius 2 is 2.16 bits per heavy atom. The second-order valence-electron chi connectivity index (χ2n) is 4.87. The second-order valence-corrected chi connectivity index (χ2v) is 5.31. The average Bonchev–Trinajstić information content (AvgIpc) is 2.33. The molecule has 0 spiro atoms. The minimum atomic E-state index is -0.0834. The number of carbonyl (C=O) groups is 1. The Bertz CT molecular complexity index is 435. The summed E-state index contributed by atoms with van der Waals surface area (Å²) in [6.45, 7) is 5.86. The fourth-order valence-corrected chi connectivity index (χ4v) is 2.00. The number of nitrogens with zero attached hydrogens (tertiary/aromatic N) is 1. The number of hydrogen-bond acceptors (Lipinski definition) is 3. The topological polar surface area (TPSA) is 55.6 Å². The van der Waals surface area contributed by atoms with Crippen molar-refractivity contribution in [3.63, 3.8) is 0 Å². The van der Waals surface area contributed by atoms with E-state index in [2.05, 4.69) is 13.8 Å². The number of benzene rings is 1. The zero-order valence-electron chi connectivity index (χ0n) is 11.6. The molecule has 2 N–H and O–H groups in total.